The molecule has 0 spiro atoms. The Morgan fingerprint density at radius 1 is 0.980 bits per heavy atom. The number of aliphatic hydroxyl groups excluding tert-OH is 3. The van der Waals surface area contributed by atoms with Gasteiger partial charge in [-0.25, -0.2) is 0 Å². The normalized spacial score (nSPS) is 50.2. The van der Waals surface area contributed by atoms with E-state index in [1.165, 1.54) is 14.0 Å². The summed E-state index contributed by atoms with van der Waals surface area (Å²) in [5, 5.41) is 48.8. The number of carbonyl (C=O) groups is 1. The van der Waals surface area contributed by atoms with Gasteiger partial charge < -0.3 is 58.9 Å². The van der Waals surface area contributed by atoms with Crippen LogP contribution in [0.15, 0.2) is 11.3 Å². The number of nitrogens with one attached hydrogen (secondary N) is 1. The van der Waals surface area contributed by atoms with E-state index >= 15 is 0 Å². The Labute approximate surface area is 291 Å². The van der Waals surface area contributed by atoms with Gasteiger partial charge in [-0.15, -0.1) is 0 Å². The molecule has 49 heavy (non-hydrogen) atoms. The average Bonchev–Trinajstić information content (AvgIpc) is 3.37. The number of aliphatic hydroxyl groups is 4. The van der Waals surface area contributed by atoms with Crippen molar-refractivity contribution in [1.82, 2.24) is 5.32 Å². The summed E-state index contributed by atoms with van der Waals surface area (Å²) < 4.78 is 44.4. The van der Waals surface area contributed by atoms with Crippen LogP contribution in [0.3, 0.4) is 0 Å². The second-order valence-electron chi connectivity index (χ2n) is 15.7. The fourth-order valence-corrected chi connectivity index (χ4v) is 8.53. The minimum atomic E-state index is -1.82. The van der Waals surface area contributed by atoms with Gasteiger partial charge in [-0.2, -0.15) is 0 Å². The standard InChI is InChI=1S/C36H63NO12/c1-13-24-36(10,42)29(39)19(4)27-17(2)15-35(9,49-27)31(48-33-26(38)23(37-11)14-18(3)44-33)20(5)28(21(6)32(41)46-24)47-25-16-34(8,43-12)30(40)22(7)45-25/h18-26,28-31,33,37-40,42H,13-16H2,1-12H3/t18-,19-,20+,21-,22+,23+,24-,25+,26-,28-,29-,30+,31+,33+,34-,35-,36-/m1/s1. The summed E-state index contributed by atoms with van der Waals surface area (Å²) in [6.07, 6.45) is -7.44. The molecular weight excluding hydrogens is 638 g/mol. The van der Waals surface area contributed by atoms with Crippen LogP contribution in [-0.4, -0.2) is 125 Å². The van der Waals surface area contributed by atoms with Crippen LogP contribution in [0.5, 0.6) is 0 Å². The Hall–Kier alpha value is -1.39. The van der Waals surface area contributed by atoms with Crippen molar-refractivity contribution in [3.63, 3.8) is 0 Å². The van der Waals surface area contributed by atoms with Crippen LogP contribution < -0.4 is 5.32 Å². The quantitative estimate of drug-likeness (QED) is 0.245. The van der Waals surface area contributed by atoms with Gasteiger partial charge in [0.25, 0.3) is 0 Å². The highest BCUT2D eigenvalue weighted by Gasteiger charge is 2.56. The molecule has 3 fully saturated rings. The maximum Gasteiger partial charge on any atom is 0.311 e. The maximum absolute atomic E-state index is 14.1. The lowest BCUT2D eigenvalue weighted by Crippen LogP contribution is -2.60. The summed E-state index contributed by atoms with van der Waals surface area (Å²) in [6.45, 7) is 17.9. The van der Waals surface area contributed by atoms with Gasteiger partial charge >= 0.3 is 5.97 Å². The molecule has 0 aromatic heterocycles. The summed E-state index contributed by atoms with van der Waals surface area (Å²) in [5.41, 5.74) is -3.00. The Morgan fingerprint density at radius 3 is 2.22 bits per heavy atom. The number of esters is 1. The van der Waals surface area contributed by atoms with Crippen LogP contribution >= 0.6 is 0 Å². The van der Waals surface area contributed by atoms with Crippen molar-refractivity contribution in [2.75, 3.05) is 14.2 Å². The molecule has 4 heterocycles. The first kappa shape index (κ1) is 40.4. The summed E-state index contributed by atoms with van der Waals surface area (Å²) in [6, 6.07) is -0.286. The third-order valence-electron chi connectivity index (χ3n) is 11.7. The number of carbonyl (C=O) groups excluding carboxylic acids is 1. The van der Waals surface area contributed by atoms with Crippen molar-refractivity contribution in [2.45, 2.75) is 179 Å². The summed E-state index contributed by atoms with van der Waals surface area (Å²) in [4.78, 5) is 14.1. The molecule has 4 aliphatic heterocycles. The van der Waals surface area contributed by atoms with Crippen LogP contribution in [0.4, 0.5) is 0 Å². The Kier molecular flexibility index (Phi) is 12.6. The molecule has 4 aliphatic rings. The second kappa shape index (κ2) is 15.3. The molecule has 0 amide bonds. The van der Waals surface area contributed by atoms with Gasteiger partial charge in [0.15, 0.2) is 12.6 Å². The van der Waals surface area contributed by atoms with Gasteiger partial charge in [0.1, 0.15) is 41.4 Å². The van der Waals surface area contributed by atoms with E-state index < -0.39 is 95.8 Å². The average molecular weight is 702 g/mol. The van der Waals surface area contributed by atoms with Gasteiger partial charge in [0.2, 0.25) is 0 Å². The fraction of sp³-hybridized carbons (Fsp3) is 0.917. The van der Waals surface area contributed by atoms with E-state index in [9.17, 15) is 25.2 Å². The molecule has 0 aromatic rings. The third-order valence-corrected chi connectivity index (χ3v) is 11.7. The van der Waals surface area contributed by atoms with Crippen LogP contribution in [0.2, 0.25) is 0 Å². The molecule has 3 saturated heterocycles. The van der Waals surface area contributed by atoms with E-state index in [1.807, 2.05) is 27.7 Å². The lowest BCUT2D eigenvalue weighted by atomic mass is 9.78. The smallest absolute Gasteiger partial charge is 0.311 e. The van der Waals surface area contributed by atoms with Crippen molar-refractivity contribution in [1.29, 1.82) is 0 Å². The zero-order valence-electron chi connectivity index (χ0n) is 31.5. The topological polar surface area (TPSA) is 175 Å². The van der Waals surface area contributed by atoms with Crippen LogP contribution in [0, 0.1) is 17.8 Å². The number of likely N-dealkylation sites (N-methyl/N-ethyl adjacent to an activating group) is 1. The highest BCUT2D eigenvalue weighted by atomic mass is 16.7. The van der Waals surface area contributed by atoms with E-state index in [1.54, 1.807) is 41.7 Å². The molecule has 0 aromatic carbocycles. The van der Waals surface area contributed by atoms with Crippen molar-refractivity contribution < 1.29 is 58.4 Å². The van der Waals surface area contributed by atoms with Crippen molar-refractivity contribution in [2.24, 2.45) is 17.8 Å². The van der Waals surface area contributed by atoms with Gasteiger partial charge in [-0.05, 0) is 73.9 Å². The Bertz CT molecular complexity index is 1180. The van der Waals surface area contributed by atoms with Crippen molar-refractivity contribution in [3.8, 4) is 0 Å². The predicted octanol–water partition coefficient (Wildman–Crippen LogP) is 2.55. The third kappa shape index (κ3) is 7.86. The molecule has 4 rings (SSSR count). The number of cyclic esters (lactones) is 1. The van der Waals surface area contributed by atoms with E-state index in [0.29, 0.717) is 18.6 Å². The molecule has 284 valence electrons. The molecule has 5 N–H and O–H groups in total. The van der Waals surface area contributed by atoms with E-state index in [-0.39, 0.29) is 25.0 Å². The molecule has 17 atom stereocenters. The highest BCUT2D eigenvalue weighted by Crippen LogP contribution is 2.47. The van der Waals surface area contributed by atoms with Crippen LogP contribution in [0.1, 0.15) is 94.9 Å². The Balaban J connectivity index is 1.83. The predicted molar refractivity (Wildman–Crippen MR) is 179 cm³/mol. The second-order valence-corrected chi connectivity index (χ2v) is 15.7. The zero-order chi connectivity index (χ0) is 36.8. The van der Waals surface area contributed by atoms with Gasteiger partial charge in [-0.1, -0.05) is 20.8 Å². The van der Waals surface area contributed by atoms with Crippen molar-refractivity contribution >= 4 is 5.97 Å². The largest absolute Gasteiger partial charge is 0.489 e. The Morgan fingerprint density at radius 2 is 1.63 bits per heavy atom. The zero-order valence-corrected chi connectivity index (χ0v) is 31.5. The first-order valence-electron chi connectivity index (χ1n) is 17.9. The molecule has 0 radical (unpaired) electrons. The van der Waals surface area contributed by atoms with Crippen molar-refractivity contribution in [3.05, 3.63) is 11.3 Å². The van der Waals surface area contributed by atoms with Crippen LogP contribution in [-0.2, 0) is 38.0 Å². The van der Waals surface area contributed by atoms with Gasteiger partial charge in [0.05, 0.1) is 35.9 Å². The molecule has 0 unspecified atom stereocenters. The summed E-state index contributed by atoms with van der Waals surface area (Å²) in [7, 11) is 3.31. The van der Waals surface area contributed by atoms with E-state index in [2.05, 4.69) is 5.32 Å². The molecule has 0 aliphatic carbocycles. The molecule has 2 bridgehead atoms. The monoisotopic (exact) mass is 701 g/mol. The van der Waals surface area contributed by atoms with Gasteiger partial charge in [0, 0.05) is 37.8 Å². The van der Waals surface area contributed by atoms with E-state index in [0.717, 1.165) is 5.57 Å². The van der Waals surface area contributed by atoms with Gasteiger partial charge in [-0.3, -0.25) is 4.79 Å². The minimum Gasteiger partial charge on any atom is -0.489 e. The first-order valence-corrected chi connectivity index (χ1v) is 17.9. The van der Waals surface area contributed by atoms with E-state index in [4.69, 9.17) is 33.2 Å². The number of ether oxygens (including phenoxy) is 7. The maximum atomic E-state index is 14.1. The first-order chi connectivity index (χ1) is 22.7. The number of hydrogen-bond donors (Lipinski definition) is 5. The van der Waals surface area contributed by atoms with Crippen LogP contribution in [0.25, 0.3) is 0 Å². The number of hydrogen-bond acceptors (Lipinski definition) is 13. The lowest BCUT2D eigenvalue weighted by molar-refractivity contribution is -0.314. The number of methoxy groups -OCH3 is 1. The fourth-order valence-electron chi connectivity index (χ4n) is 8.53. The number of fused-ring (bicyclic) bond motifs is 2. The lowest BCUT2D eigenvalue weighted by Gasteiger charge is -2.48. The molecule has 13 heteroatoms. The molecule has 0 saturated carbocycles. The minimum absolute atomic E-state index is 0.173. The number of rotatable bonds is 7. The molecular formula is C36H63NO12. The SMILES string of the molecule is CC[C@H]1OC(=O)[C@H](C)[C@H](O[C@H]2C[C@@](C)(OC)[C@@H](O)[C@H](C)O2)[C@H](C)[C@H](O[C@@H]2O[C@H](C)C[C@H](NC)[C@H]2O)[C@@]2(C)CC(C)=C(O2)[C@@H](C)[C@@H](O)[C@]1(C)O. The highest BCUT2D eigenvalue weighted by molar-refractivity contribution is 5.73. The molecule has 13 nitrogen and oxygen atoms in total. The summed E-state index contributed by atoms with van der Waals surface area (Å²) in [5.74, 6) is -2.32. The summed E-state index contributed by atoms with van der Waals surface area (Å²) >= 11 is 0.